The van der Waals surface area contributed by atoms with Crippen molar-refractivity contribution in [2.45, 2.75) is 6.54 Å². The summed E-state index contributed by atoms with van der Waals surface area (Å²) in [6.07, 6.45) is 1.54. The first kappa shape index (κ1) is 17.9. The molecule has 28 heavy (non-hydrogen) atoms. The molecule has 0 spiro atoms. The van der Waals surface area contributed by atoms with Crippen LogP contribution in [-0.2, 0) is 6.54 Å². The van der Waals surface area contributed by atoms with Gasteiger partial charge in [0.05, 0.1) is 18.5 Å². The van der Waals surface area contributed by atoms with Gasteiger partial charge >= 0.3 is 0 Å². The molecule has 2 aromatic heterocycles. The van der Waals surface area contributed by atoms with E-state index in [0.717, 1.165) is 0 Å². The first-order chi connectivity index (χ1) is 13.6. The molecule has 0 aliphatic heterocycles. The lowest BCUT2D eigenvalue weighted by Gasteiger charge is -2.06. The summed E-state index contributed by atoms with van der Waals surface area (Å²) in [5, 5.41) is 13.7. The molecule has 2 aromatic carbocycles. The van der Waals surface area contributed by atoms with Crippen LogP contribution in [0.25, 0.3) is 11.0 Å². The summed E-state index contributed by atoms with van der Waals surface area (Å²) in [6.45, 7) is 0.236. The SMILES string of the molecule is O=C(NCc1ccco1)c1cc2ccc(O)cc2oc1=Nc1ccc(Cl)cc1. The first-order valence-electron chi connectivity index (χ1n) is 8.46. The topological polar surface area (TPSA) is 88.0 Å². The highest BCUT2D eigenvalue weighted by molar-refractivity contribution is 6.30. The number of furan rings is 1. The van der Waals surface area contributed by atoms with E-state index in [1.165, 1.54) is 12.1 Å². The fourth-order valence-electron chi connectivity index (χ4n) is 2.66. The molecule has 0 aliphatic carbocycles. The van der Waals surface area contributed by atoms with E-state index in [2.05, 4.69) is 10.3 Å². The number of rotatable bonds is 4. The van der Waals surface area contributed by atoms with Gasteiger partial charge in [-0.15, -0.1) is 0 Å². The maximum Gasteiger partial charge on any atom is 0.257 e. The fourth-order valence-corrected chi connectivity index (χ4v) is 2.79. The smallest absolute Gasteiger partial charge is 0.257 e. The Morgan fingerprint density at radius 3 is 2.68 bits per heavy atom. The second-order valence-electron chi connectivity index (χ2n) is 6.04. The molecule has 0 saturated heterocycles. The van der Waals surface area contributed by atoms with Gasteiger partial charge in [0.25, 0.3) is 5.91 Å². The van der Waals surface area contributed by atoms with Crippen LogP contribution in [0.1, 0.15) is 16.1 Å². The molecule has 0 saturated carbocycles. The third kappa shape index (κ3) is 3.92. The van der Waals surface area contributed by atoms with Gasteiger partial charge in [0.15, 0.2) is 0 Å². The van der Waals surface area contributed by atoms with Crippen LogP contribution in [0.4, 0.5) is 5.69 Å². The summed E-state index contributed by atoms with van der Waals surface area (Å²) in [5.74, 6) is 0.332. The summed E-state index contributed by atoms with van der Waals surface area (Å²) >= 11 is 5.92. The van der Waals surface area contributed by atoms with Crippen molar-refractivity contribution < 1.29 is 18.7 Å². The molecular formula is C21H15ClN2O4. The van der Waals surface area contributed by atoms with Crippen LogP contribution in [0.5, 0.6) is 5.75 Å². The lowest BCUT2D eigenvalue weighted by Crippen LogP contribution is -2.28. The van der Waals surface area contributed by atoms with Gasteiger partial charge in [-0.3, -0.25) is 4.79 Å². The van der Waals surface area contributed by atoms with Gasteiger partial charge in [0.1, 0.15) is 22.7 Å². The highest BCUT2D eigenvalue weighted by Gasteiger charge is 2.13. The van der Waals surface area contributed by atoms with E-state index >= 15 is 0 Å². The molecule has 1 amide bonds. The van der Waals surface area contributed by atoms with Crippen molar-refractivity contribution >= 4 is 34.2 Å². The fraction of sp³-hybridized carbons (Fsp3) is 0.0476. The van der Waals surface area contributed by atoms with Crippen molar-refractivity contribution in [3.8, 4) is 5.75 Å². The van der Waals surface area contributed by atoms with E-state index in [-0.39, 0.29) is 29.3 Å². The molecule has 2 heterocycles. The Hall–Kier alpha value is -3.51. The molecule has 4 rings (SSSR count). The van der Waals surface area contributed by atoms with Gasteiger partial charge in [-0.2, -0.15) is 0 Å². The van der Waals surface area contributed by atoms with E-state index in [4.69, 9.17) is 20.4 Å². The number of fused-ring (bicyclic) bond motifs is 1. The van der Waals surface area contributed by atoms with E-state index in [1.807, 2.05) is 0 Å². The molecule has 2 N–H and O–H groups in total. The summed E-state index contributed by atoms with van der Waals surface area (Å²) in [6, 6.07) is 16.7. The number of carbonyl (C=O) groups excluding carboxylic acids is 1. The zero-order valence-corrected chi connectivity index (χ0v) is 15.3. The van der Waals surface area contributed by atoms with Gasteiger partial charge in [-0.05, 0) is 54.6 Å². The number of phenols is 1. The van der Waals surface area contributed by atoms with Crippen LogP contribution < -0.4 is 10.9 Å². The predicted molar refractivity (Wildman–Crippen MR) is 104 cm³/mol. The summed E-state index contributed by atoms with van der Waals surface area (Å²) < 4.78 is 11.1. The number of phenolic OH excluding ortho intramolecular Hbond substituents is 1. The second-order valence-corrected chi connectivity index (χ2v) is 6.47. The van der Waals surface area contributed by atoms with Crippen LogP contribution in [0, 0.1) is 0 Å². The molecule has 4 aromatic rings. The summed E-state index contributed by atoms with van der Waals surface area (Å²) in [7, 11) is 0. The minimum Gasteiger partial charge on any atom is -0.508 e. The molecule has 0 atom stereocenters. The van der Waals surface area contributed by atoms with E-state index in [0.29, 0.717) is 27.4 Å². The van der Waals surface area contributed by atoms with Crippen LogP contribution in [0.2, 0.25) is 5.02 Å². The molecule has 0 unspecified atom stereocenters. The monoisotopic (exact) mass is 394 g/mol. The van der Waals surface area contributed by atoms with E-state index < -0.39 is 0 Å². The number of nitrogens with zero attached hydrogens (tertiary/aromatic N) is 1. The number of hydrogen-bond acceptors (Lipinski definition) is 5. The summed E-state index contributed by atoms with van der Waals surface area (Å²) in [5.41, 5.74) is 1.38. The van der Waals surface area contributed by atoms with E-state index in [9.17, 15) is 9.90 Å². The van der Waals surface area contributed by atoms with Crippen LogP contribution in [0.15, 0.2) is 80.8 Å². The van der Waals surface area contributed by atoms with Crippen molar-refractivity contribution in [1.29, 1.82) is 0 Å². The number of carbonyl (C=O) groups is 1. The van der Waals surface area contributed by atoms with Crippen molar-refractivity contribution in [3.63, 3.8) is 0 Å². The van der Waals surface area contributed by atoms with Gasteiger partial charge < -0.3 is 19.3 Å². The van der Waals surface area contributed by atoms with Crippen molar-refractivity contribution in [2.24, 2.45) is 4.99 Å². The zero-order valence-electron chi connectivity index (χ0n) is 14.6. The van der Waals surface area contributed by atoms with Gasteiger partial charge in [-0.1, -0.05) is 11.6 Å². The highest BCUT2D eigenvalue weighted by Crippen LogP contribution is 2.21. The zero-order chi connectivity index (χ0) is 19.5. The quantitative estimate of drug-likeness (QED) is 0.531. The standard InChI is InChI=1S/C21H15ClN2O4/c22-14-4-6-15(7-5-14)24-21-18(20(26)23-12-17-2-1-9-27-17)10-13-3-8-16(25)11-19(13)28-21/h1-11,25H,12H2,(H,23,26). The second kappa shape index (κ2) is 7.62. The predicted octanol–water partition coefficient (Wildman–Crippen LogP) is 4.55. The average Bonchev–Trinajstić information content (AvgIpc) is 3.21. The van der Waals surface area contributed by atoms with Gasteiger partial charge in [0, 0.05) is 16.5 Å². The lowest BCUT2D eigenvalue weighted by molar-refractivity contribution is 0.0944. The Bertz CT molecular complexity index is 1200. The average molecular weight is 395 g/mol. The molecule has 0 bridgehead atoms. The number of halogens is 1. The first-order valence-corrected chi connectivity index (χ1v) is 8.84. The number of nitrogens with one attached hydrogen (secondary N) is 1. The Labute approximate surface area is 164 Å². The van der Waals surface area contributed by atoms with Gasteiger partial charge in [-0.25, -0.2) is 4.99 Å². The van der Waals surface area contributed by atoms with Crippen LogP contribution in [-0.4, -0.2) is 11.0 Å². The third-order valence-corrected chi connectivity index (χ3v) is 4.29. The van der Waals surface area contributed by atoms with Crippen LogP contribution >= 0.6 is 11.6 Å². The minimum atomic E-state index is -0.358. The number of hydrogen-bond donors (Lipinski definition) is 2. The number of benzene rings is 2. The Balaban J connectivity index is 1.79. The molecule has 6 nitrogen and oxygen atoms in total. The highest BCUT2D eigenvalue weighted by atomic mass is 35.5. The lowest BCUT2D eigenvalue weighted by atomic mass is 10.1. The van der Waals surface area contributed by atoms with E-state index in [1.54, 1.807) is 54.8 Å². The van der Waals surface area contributed by atoms with Crippen LogP contribution in [0.3, 0.4) is 0 Å². The molecule has 0 radical (unpaired) electrons. The van der Waals surface area contributed by atoms with Crippen molar-refractivity contribution in [2.75, 3.05) is 0 Å². The minimum absolute atomic E-state index is 0.0590. The maximum absolute atomic E-state index is 12.8. The van der Waals surface area contributed by atoms with Gasteiger partial charge in [0.2, 0.25) is 5.55 Å². The molecule has 140 valence electrons. The maximum atomic E-state index is 12.8. The summed E-state index contributed by atoms with van der Waals surface area (Å²) in [4.78, 5) is 17.2. The Morgan fingerprint density at radius 2 is 1.93 bits per heavy atom. The largest absolute Gasteiger partial charge is 0.508 e. The molecule has 7 heteroatoms. The Morgan fingerprint density at radius 1 is 1.11 bits per heavy atom. The molecular weight excluding hydrogens is 380 g/mol. The number of amides is 1. The normalized spacial score (nSPS) is 11.7. The molecule has 0 aliphatic rings. The molecule has 0 fully saturated rings. The third-order valence-electron chi connectivity index (χ3n) is 4.04. The van der Waals surface area contributed by atoms with Crippen molar-refractivity contribution in [1.82, 2.24) is 5.32 Å². The van der Waals surface area contributed by atoms with Crippen molar-refractivity contribution in [3.05, 3.63) is 88.8 Å². The number of aromatic hydroxyl groups is 1. The Kier molecular flexibility index (Phi) is 4.87.